The number of nitrogens with zero attached hydrogens (tertiary/aromatic N) is 1. The molecule has 0 unspecified atom stereocenters. The Bertz CT molecular complexity index is 312. The van der Waals surface area contributed by atoms with Gasteiger partial charge in [0.25, 0.3) is 5.91 Å². The molecule has 0 bridgehead atoms. The molecule has 1 saturated carbocycles. The predicted octanol–water partition coefficient (Wildman–Crippen LogP) is 1.27. The zero-order valence-corrected chi connectivity index (χ0v) is 10.6. The van der Waals surface area contributed by atoms with Crippen molar-refractivity contribution in [3.05, 3.63) is 0 Å². The average molecular weight is 255 g/mol. The number of hydrogen-bond acceptors (Lipinski definition) is 3. The van der Waals surface area contributed by atoms with E-state index in [0.29, 0.717) is 19.1 Å². The van der Waals surface area contributed by atoms with E-state index >= 15 is 0 Å². The first kappa shape index (κ1) is 13.3. The van der Waals surface area contributed by atoms with Gasteiger partial charge in [0, 0.05) is 13.1 Å². The lowest BCUT2D eigenvalue weighted by molar-refractivity contribution is -0.160. The number of rotatable bonds is 4. The summed E-state index contributed by atoms with van der Waals surface area (Å²) >= 11 is 0. The molecule has 1 aliphatic carbocycles. The van der Waals surface area contributed by atoms with E-state index in [0.717, 1.165) is 6.54 Å². The van der Waals surface area contributed by atoms with Gasteiger partial charge in [0.1, 0.15) is 6.10 Å². The summed E-state index contributed by atoms with van der Waals surface area (Å²) in [6.45, 7) is 1.83. The minimum atomic E-state index is -0.979. The highest BCUT2D eigenvalue weighted by Crippen LogP contribution is 2.25. The van der Waals surface area contributed by atoms with Crippen LogP contribution in [0.4, 0.5) is 0 Å². The lowest BCUT2D eigenvalue weighted by Crippen LogP contribution is -2.50. The standard InChI is InChI=1S/C13H21NO4/c15-12(16)8-11-13(17)14(6-7-18-11)9-10-4-2-1-3-5-10/h10-11H,1-9H2,(H,15,16)/t11-/m1/s1. The molecule has 2 rings (SSSR count). The zero-order valence-electron chi connectivity index (χ0n) is 10.6. The van der Waals surface area contributed by atoms with Crippen molar-refractivity contribution in [3.63, 3.8) is 0 Å². The topological polar surface area (TPSA) is 66.8 Å². The van der Waals surface area contributed by atoms with Gasteiger partial charge in [-0.2, -0.15) is 0 Å². The highest BCUT2D eigenvalue weighted by Gasteiger charge is 2.32. The number of carbonyl (C=O) groups excluding carboxylic acids is 1. The summed E-state index contributed by atoms with van der Waals surface area (Å²) in [5.41, 5.74) is 0. The van der Waals surface area contributed by atoms with Crippen molar-refractivity contribution >= 4 is 11.9 Å². The van der Waals surface area contributed by atoms with Gasteiger partial charge in [-0.15, -0.1) is 0 Å². The van der Waals surface area contributed by atoms with Crippen LogP contribution in [0.1, 0.15) is 38.5 Å². The molecule has 102 valence electrons. The summed E-state index contributed by atoms with van der Waals surface area (Å²) in [7, 11) is 0. The van der Waals surface area contributed by atoms with Crippen molar-refractivity contribution in [2.24, 2.45) is 5.92 Å². The molecule has 0 aromatic rings. The number of carboxylic acid groups (broad SMARTS) is 1. The van der Waals surface area contributed by atoms with Crippen LogP contribution in [0.15, 0.2) is 0 Å². The molecule has 18 heavy (non-hydrogen) atoms. The number of amides is 1. The summed E-state index contributed by atoms with van der Waals surface area (Å²) in [5, 5.41) is 8.74. The van der Waals surface area contributed by atoms with Crippen LogP contribution in [0.3, 0.4) is 0 Å². The second-order valence-electron chi connectivity index (χ2n) is 5.25. The third-order valence-corrected chi connectivity index (χ3v) is 3.83. The van der Waals surface area contributed by atoms with Gasteiger partial charge in [-0.1, -0.05) is 19.3 Å². The average Bonchev–Trinajstić information content (AvgIpc) is 2.35. The van der Waals surface area contributed by atoms with E-state index in [1.165, 1.54) is 32.1 Å². The molecule has 5 nitrogen and oxygen atoms in total. The molecule has 1 saturated heterocycles. The summed E-state index contributed by atoms with van der Waals surface area (Å²) in [6, 6.07) is 0. The molecule has 5 heteroatoms. The Morgan fingerprint density at radius 3 is 2.72 bits per heavy atom. The van der Waals surface area contributed by atoms with Gasteiger partial charge in [0.15, 0.2) is 0 Å². The molecule has 1 aliphatic heterocycles. The molecule has 1 amide bonds. The lowest BCUT2D eigenvalue weighted by Gasteiger charge is -2.35. The summed E-state index contributed by atoms with van der Waals surface area (Å²) < 4.78 is 5.25. The molecule has 0 spiro atoms. The van der Waals surface area contributed by atoms with E-state index in [1.807, 2.05) is 0 Å². The number of carbonyl (C=O) groups is 2. The SMILES string of the molecule is O=C(O)C[C@H]1OCCN(CC2CCCCC2)C1=O. The van der Waals surface area contributed by atoms with Crippen molar-refractivity contribution in [2.45, 2.75) is 44.6 Å². The zero-order chi connectivity index (χ0) is 13.0. The second-order valence-corrected chi connectivity index (χ2v) is 5.25. The smallest absolute Gasteiger partial charge is 0.306 e. The Hall–Kier alpha value is -1.10. The maximum atomic E-state index is 12.1. The Labute approximate surface area is 107 Å². The highest BCUT2D eigenvalue weighted by atomic mass is 16.5. The highest BCUT2D eigenvalue weighted by molar-refractivity contribution is 5.85. The fourth-order valence-electron chi connectivity index (χ4n) is 2.86. The number of morpholine rings is 1. The number of aliphatic carboxylic acids is 1. The molecule has 1 atom stereocenters. The van der Waals surface area contributed by atoms with Crippen molar-refractivity contribution < 1.29 is 19.4 Å². The minimum absolute atomic E-state index is 0.144. The van der Waals surface area contributed by atoms with Gasteiger partial charge in [-0.3, -0.25) is 9.59 Å². The normalized spacial score (nSPS) is 26.3. The Balaban J connectivity index is 1.87. The summed E-state index contributed by atoms with van der Waals surface area (Å²) in [4.78, 5) is 24.5. The third kappa shape index (κ3) is 3.45. The van der Waals surface area contributed by atoms with Crippen LogP contribution in [0.5, 0.6) is 0 Å². The van der Waals surface area contributed by atoms with Crippen LogP contribution < -0.4 is 0 Å². The van der Waals surface area contributed by atoms with Crippen LogP contribution in [0.2, 0.25) is 0 Å². The summed E-state index contributed by atoms with van der Waals surface area (Å²) in [5.74, 6) is -0.534. The second kappa shape index (κ2) is 6.18. The Morgan fingerprint density at radius 1 is 1.33 bits per heavy atom. The predicted molar refractivity (Wildman–Crippen MR) is 65.1 cm³/mol. The van der Waals surface area contributed by atoms with E-state index in [2.05, 4.69) is 0 Å². The first-order valence-electron chi connectivity index (χ1n) is 6.79. The third-order valence-electron chi connectivity index (χ3n) is 3.83. The molecular formula is C13H21NO4. The van der Waals surface area contributed by atoms with Gasteiger partial charge >= 0.3 is 5.97 Å². The van der Waals surface area contributed by atoms with Gasteiger partial charge in [-0.05, 0) is 18.8 Å². The van der Waals surface area contributed by atoms with E-state index in [4.69, 9.17) is 9.84 Å². The molecular weight excluding hydrogens is 234 g/mol. The van der Waals surface area contributed by atoms with Gasteiger partial charge < -0.3 is 14.7 Å². The van der Waals surface area contributed by atoms with Crippen molar-refractivity contribution in [1.82, 2.24) is 4.90 Å². The van der Waals surface area contributed by atoms with Crippen molar-refractivity contribution in [2.75, 3.05) is 19.7 Å². The van der Waals surface area contributed by atoms with Crippen LogP contribution in [-0.4, -0.2) is 47.7 Å². The molecule has 0 radical (unpaired) electrons. The first-order valence-corrected chi connectivity index (χ1v) is 6.79. The van der Waals surface area contributed by atoms with E-state index in [-0.39, 0.29) is 12.3 Å². The molecule has 0 aromatic carbocycles. The largest absolute Gasteiger partial charge is 0.481 e. The fraction of sp³-hybridized carbons (Fsp3) is 0.846. The molecule has 1 N–H and O–H groups in total. The van der Waals surface area contributed by atoms with Crippen LogP contribution in [0.25, 0.3) is 0 Å². The van der Waals surface area contributed by atoms with Crippen molar-refractivity contribution in [3.8, 4) is 0 Å². The molecule has 1 heterocycles. The maximum absolute atomic E-state index is 12.1. The maximum Gasteiger partial charge on any atom is 0.306 e. The number of ether oxygens (including phenoxy) is 1. The van der Waals surface area contributed by atoms with Gasteiger partial charge in [-0.25, -0.2) is 0 Å². The van der Waals surface area contributed by atoms with E-state index in [9.17, 15) is 9.59 Å². The van der Waals surface area contributed by atoms with Crippen LogP contribution >= 0.6 is 0 Å². The lowest BCUT2D eigenvalue weighted by atomic mass is 9.88. The minimum Gasteiger partial charge on any atom is -0.481 e. The Morgan fingerprint density at radius 2 is 2.06 bits per heavy atom. The van der Waals surface area contributed by atoms with E-state index < -0.39 is 12.1 Å². The van der Waals surface area contributed by atoms with Crippen molar-refractivity contribution in [1.29, 1.82) is 0 Å². The van der Waals surface area contributed by atoms with Gasteiger partial charge in [0.05, 0.1) is 13.0 Å². The molecule has 2 fully saturated rings. The van der Waals surface area contributed by atoms with Crippen LogP contribution in [0, 0.1) is 5.92 Å². The fourth-order valence-corrected chi connectivity index (χ4v) is 2.86. The molecule has 2 aliphatic rings. The molecule has 0 aromatic heterocycles. The first-order chi connectivity index (χ1) is 8.66. The van der Waals surface area contributed by atoms with E-state index in [1.54, 1.807) is 4.90 Å². The monoisotopic (exact) mass is 255 g/mol. The van der Waals surface area contributed by atoms with Crippen LogP contribution in [-0.2, 0) is 14.3 Å². The Kier molecular flexibility index (Phi) is 4.58. The van der Waals surface area contributed by atoms with Gasteiger partial charge in [0.2, 0.25) is 0 Å². The number of hydrogen-bond donors (Lipinski definition) is 1. The number of carboxylic acids is 1. The summed E-state index contributed by atoms with van der Waals surface area (Å²) in [6.07, 6.45) is 5.18. The quantitative estimate of drug-likeness (QED) is 0.821.